The summed E-state index contributed by atoms with van der Waals surface area (Å²) in [5, 5.41) is 7.96. The molecule has 164 valence electrons. The molecule has 1 saturated heterocycles. The van der Waals surface area contributed by atoms with Crippen LogP contribution in [-0.4, -0.2) is 52.8 Å². The quantitative estimate of drug-likeness (QED) is 0.441. The van der Waals surface area contributed by atoms with Crippen molar-refractivity contribution in [1.82, 2.24) is 19.5 Å². The first-order valence-electron chi connectivity index (χ1n) is 11.0. The molecule has 7 heteroatoms. The fourth-order valence-electron chi connectivity index (χ4n) is 4.00. The molecule has 0 aliphatic carbocycles. The van der Waals surface area contributed by atoms with Crippen LogP contribution in [0.5, 0.6) is 11.5 Å². The topological polar surface area (TPSA) is 63.9 Å². The van der Waals surface area contributed by atoms with Crippen LogP contribution in [0, 0.1) is 0 Å². The van der Waals surface area contributed by atoms with Gasteiger partial charge in [-0.25, -0.2) is 4.52 Å². The summed E-state index contributed by atoms with van der Waals surface area (Å²) < 4.78 is 13.0. The number of nitrogens with zero attached hydrogens (tertiary/aromatic N) is 4. The van der Waals surface area contributed by atoms with Crippen LogP contribution < -0.4 is 14.8 Å². The lowest BCUT2D eigenvalue weighted by Gasteiger charge is -2.15. The average Bonchev–Trinajstić information content (AvgIpc) is 3.49. The van der Waals surface area contributed by atoms with Crippen molar-refractivity contribution in [2.45, 2.75) is 12.8 Å². The summed E-state index contributed by atoms with van der Waals surface area (Å²) in [4.78, 5) is 7.07. The van der Waals surface area contributed by atoms with Crippen LogP contribution in [0.2, 0.25) is 0 Å². The lowest BCUT2D eigenvalue weighted by Crippen LogP contribution is -2.25. The summed E-state index contributed by atoms with van der Waals surface area (Å²) in [6.07, 6.45) is 2.61. The van der Waals surface area contributed by atoms with Gasteiger partial charge in [0, 0.05) is 17.8 Å². The van der Waals surface area contributed by atoms with Crippen molar-refractivity contribution in [3.63, 3.8) is 0 Å². The van der Waals surface area contributed by atoms with Crippen molar-refractivity contribution in [2.75, 3.05) is 38.7 Å². The smallest absolute Gasteiger partial charge is 0.247 e. The molecule has 2 aromatic heterocycles. The van der Waals surface area contributed by atoms with Crippen molar-refractivity contribution >= 4 is 17.3 Å². The zero-order chi connectivity index (χ0) is 21.8. The van der Waals surface area contributed by atoms with Gasteiger partial charge in [-0.3, -0.25) is 4.90 Å². The van der Waals surface area contributed by atoms with E-state index in [0.717, 1.165) is 47.2 Å². The molecule has 0 saturated carbocycles. The van der Waals surface area contributed by atoms with Crippen molar-refractivity contribution in [1.29, 1.82) is 0 Å². The molecule has 0 unspecified atom stereocenters. The maximum absolute atomic E-state index is 5.89. The Kier molecular flexibility index (Phi) is 5.89. The van der Waals surface area contributed by atoms with E-state index in [4.69, 9.17) is 9.47 Å². The third-order valence-corrected chi connectivity index (χ3v) is 5.73. The molecule has 0 spiro atoms. The number of fused-ring (bicyclic) bond motifs is 1. The van der Waals surface area contributed by atoms with Crippen LogP contribution in [0.1, 0.15) is 12.8 Å². The summed E-state index contributed by atoms with van der Waals surface area (Å²) in [7, 11) is 1.67. The lowest BCUT2D eigenvalue weighted by molar-refractivity contribution is 0.238. The molecule has 7 nitrogen and oxygen atoms in total. The highest BCUT2D eigenvalue weighted by Gasteiger charge is 2.11. The Hall–Kier alpha value is -3.58. The normalized spacial score (nSPS) is 14.0. The number of rotatable bonds is 8. The zero-order valence-corrected chi connectivity index (χ0v) is 18.2. The van der Waals surface area contributed by atoms with Crippen molar-refractivity contribution in [2.24, 2.45) is 0 Å². The van der Waals surface area contributed by atoms with Crippen LogP contribution in [0.15, 0.2) is 66.7 Å². The number of nitrogens with one attached hydrogen (secondary N) is 1. The van der Waals surface area contributed by atoms with Crippen molar-refractivity contribution in [3.05, 3.63) is 66.7 Å². The Labute approximate surface area is 187 Å². The van der Waals surface area contributed by atoms with Gasteiger partial charge in [0.15, 0.2) is 5.65 Å². The highest BCUT2D eigenvalue weighted by molar-refractivity contribution is 5.65. The largest absolute Gasteiger partial charge is 0.497 e. The van der Waals surface area contributed by atoms with Crippen molar-refractivity contribution < 1.29 is 9.47 Å². The van der Waals surface area contributed by atoms with E-state index in [1.807, 2.05) is 71.2 Å². The number of hydrogen-bond acceptors (Lipinski definition) is 6. The molecule has 0 atom stereocenters. The Morgan fingerprint density at radius 2 is 1.66 bits per heavy atom. The number of ether oxygens (including phenoxy) is 2. The minimum absolute atomic E-state index is 0.550. The molecule has 32 heavy (non-hydrogen) atoms. The molecule has 3 heterocycles. The van der Waals surface area contributed by atoms with Gasteiger partial charge in [-0.15, -0.1) is 5.10 Å². The Morgan fingerprint density at radius 1 is 0.906 bits per heavy atom. The number of aromatic nitrogens is 3. The van der Waals surface area contributed by atoms with Crippen LogP contribution in [0.3, 0.4) is 0 Å². The van der Waals surface area contributed by atoms with Crippen LogP contribution in [-0.2, 0) is 0 Å². The Morgan fingerprint density at radius 3 is 2.41 bits per heavy atom. The molecular weight excluding hydrogens is 402 g/mol. The zero-order valence-electron chi connectivity index (χ0n) is 18.2. The predicted octanol–water partition coefficient (Wildman–Crippen LogP) is 4.62. The maximum Gasteiger partial charge on any atom is 0.247 e. The first kappa shape index (κ1) is 20.3. The predicted molar refractivity (Wildman–Crippen MR) is 126 cm³/mol. The third kappa shape index (κ3) is 4.53. The van der Waals surface area contributed by atoms with Crippen LogP contribution in [0.4, 0.5) is 11.6 Å². The van der Waals surface area contributed by atoms with Gasteiger partial charge in [0.2, 0.25) is 5.95 Å². The molecule has 1 N–H and O–H groups in total. The molecule has 1 aliphatic rings. The van der Waals surface area contributed by atoms with E-state index in [1.54, 1.807) is 7.11 Å². The molecule has 1 aliphatic heterocycles. The third-order valence-electron chi connectivity index (χ3n) is 5.73. The standard InChI is InChI=1S/C25H27N5O2/c1-31-21-11-7-19(8-12-21)23-5-4-6-24-27-25(28-30(23)24)26-20-9-13-22(14-10-20)32-18-17-29-15-2-3-16-29/h4-14H,2-3,15-18H2,1H3,(H,26,28). The summed E-state index contributed by atoms with van der Waals surface area (Å²) in [6.45, 7) is 4.09. The Bertz CT molecular complexity index is 1170. The molecule has 1 fully saturated rings. The number of methoxy groups -OCH3 is 1. The van der Waals surface area contributed by atoms with Gasteiger partial charge in [0.05, 0.1) is 12.8 Å². The van der Waals surface area contributed by atoms with Crippen LogP contribution in [0.25, 0.3) is 16.9 Å². The van der Waals surface area contributed by atoms with Gasteiger partial charge in [-0.1, -0.05) is 6.07 Å². The number of anilines is 2. The van der Waals surface area contributed by atoms with Gasteiger partial charge in [-0.05, 0) is 86.6 Å². The maximum atomic E-state index is 5.89. The van der Waals surface area contributed by atoms with E-state index in [-0.39, 0.29) is 0 Å². The lowest BCUT2D eigenvalue weighted by atomic mass is 10.1. The van der Waals surface area contributed by atoms with E-state index in [9.17, 15) is 0 Å². The van der Waals surface area contributed by atoms with Gasteiger partial charge in [-0.2, -0.15) is 4.98 Å². The van der Waals surface area contributed by atoms with Crippen LogP contribution >= 0.6 is 0 Å². The molecule has 4 aromatic rings. The van der Waals surface area contributed by atoms with E-state index in [2.05, 4.69) is 20.3 Å². The number of likely N-dealkylation sites (tertiary alicyclic amines) is 1. The minimum atomic E-state index is 0.550. The molecule has 5 rings (SSSR count). The number of hydrogen-bond donors (Lipinski definition) is 1. The van der Waals surface area contributed by atoms with E-state index < -0.39 is 0 Å². The highest BCUT2D eigenvalue weighted by Crippen LogP contribution is 2.24. The second-order valence-corrected chi connectivity index (χ2v) is 7.89. The summed E-state index contributed by atoms with van der Waals surface area (Å²) in [6, 6.07) is 21.8. The monoisotopic (exact) mass is 429 g/mol. The molecule has 0 radical (unpaired) electrons. The van der Waals surface area contributed by atoms with Gasteiger partial charge >= 0.3 is 0 Å². The van der Waals surface area contributed by atoms with Gasteiger partial charge < -0.3 is 14.8 Å². The van der Waals surface area contributed by atoms with E-state index in [0.29, 0.717) is 5.95 Å². The number of pyridine rings is 1. The fourth-order valence-corrected chi connectivity index (χ4v) is 4.00. The summed E-state index contributed by atoms with van der Waals surface area (Å²) in [5.41, 5.74) is 3.71. The van der Waals surface area contributed by atoms with Gasteiger partial charge in [0.25, 0.3) is 0 Å². The molecular formula is C25H27N5O2. The van der Waals surface area contributed by atoms with Gasteiger partial charge in [0.1, 0.15) is 18.1 Å². The number of benzene rings is 2. The second kappa shape index (κ2) is 9.28. The molecule has 0 amide bonds. The van der Waals surface area contributed by atoms with E-state index in [1.165, 1.54) is 25.9 Å². The van der Waals surface area contributed by atoms with Crippen molar-refractivity contribution in [3.8, 4) is 22.8 Å². The second-order valence-electron chi connectivity index (χ2n) is 7.89. The average molecular weight is 430 g/mol. The Balaban J connectivity index is 1.26. The summed E-state index contributed by atoms with van der Waals surface area (Å²) in [5.74, 6) is 2.25. The first-order valence-corrected chi connectivity index (χ1v) is 11.0. The fraction of sp³-hybridized carbons (Fsp3) is 0.280. The SMILES string of the molecule is COc1ccc(-c2cccc3nc(Nc4ccc(OCCN5CCCC5)cc4)nn23)cc1. The summed E-state index contributed by atoms with van der Waals surface area (Å²) >= 11 is 0. The highest BCUT2D eigenvalue weighted by atomic mass is 16.5. The first-order chi connectivity index (χ1) is 15.8. The van der Waals surface area contributed by atoms with E-state index >= 15 is 0 Å². The minimum Gasteiger partial charge on any atom is -0.497 e. The molecule has 0 bridgehead atoms. The molecule has 2 aromatic carbocycles.